The molecule has 1 rings (SSSR count). The summed E-state index contributed by atoms with van der Waals surface area (Å²) < 4.78 is 43.3. The molecular weight excluding hydrogens is 347 g/mol. The van der Waals surface area contributed by atoms with Gasteiger partial charge in [0.2, 0.25) is 6.33 Å². The first-order valence-corrected chi connectivity index (χ1v) is 9.26. The van der Waals surface area contributed by atoms with Crippen molar-refractivity contribution in [3.8, 4) is 0 Å². The number of imidazole rings is 1. The van der Waals surface area contributed by atoms with Gasteiger partial charge in [-0.2, -0.15) is 0 Å². The summed E-state index contributed by atoms with van der Waals surface area (Å²) in [7, 11) is -3.94. The third-order valence-corrected chi connectivity index (χ3v) is 3.89. The SMILES string of the molecule is C=CC(=O)CCCCCCCCCCC[n+]1ccn(C)c1.F[B-](F)(F)F. The molecule has 0 aromatic carbocycles. The summed E-state index contributed by atoms with van der Waals surface area (Å²) in [4.78, 5) is 11.0. The summed E-state index contributed by atoms with van der Waals surface area (Å²) in [5.74, 6) is 0.186. The zero-order valence-corrected chi connectivity index (χ0v) is 15.7. The lowest BCUT2D eigenvalue weighted by molar-refractivity contribution is -0.696. The van der Waals surface area contributed by atoms with Crippen LogP contribution in [-0.4, -0.2) is 17.6 Å². The predicted molar refractivity (Wildman–Crippen MR) is 97.2 cm³/mol. The van der Waals surface area contributed by atoms with E-state index in [2.05, 4.69) is 41.5 Å². The molecule has 26 heavy (non-hydrogen) atoms. The molecule has 150 valence electrons. The molecule has 1 aromatic heterocycles. The molecule has 0 saturated carbocycles. The molecule has 0 aliphatic carbocycles. The number of unbranched alkanes of at least 4 members (excludes halogenated alkanes) is 8. The summed E-state index contributed by atoms with van der Waals surface area (Å²) in [5, 5.41) is 0. The Bertz CT molecular complexity index is 498. The Hall–Kier alpha value is -1.60. The maximum atomic E-state index is 11.0. The van der Waals surface area contributed by atoms with Gasteiger partial charge in [0.25, 0.3) is 0 Å². The van der Waals surface area contributed by atoms with Crippen LogP contribution in [0.1, 0.15) is 64.2 Å². The van der Waals surface area contributed by atoms with E-state index in [1.165, 1.54) is 57.4 Å². The number of ketones is 1. The predicted octanol–water partition coefficient (Wildman–Crippen LogP) is 5.27. The van der Waals surface area contributed by atoms with E-state index in [0.717, 1.165) is 13.0 Å². The van der Waals surface area contributed by atoms with Crippen LogP contribution in [0.25, 0.3) is 0 Å². The van der Waals surface area contributed by atoms with Crippen LogP contribution in [0.3, 0.4) is 0 Å². The normalized spacial score (nSPS) is 11.0. The van der Waals surface area contributed by atoms with Crippen molar-refractivity contribution in [1.82, 2.24) is 4.57 Å². The lowest BCUT2D eigenvalue weighted by Crippen LogP contribution is -2.30. The fraction of sp³-hybridized carbons (Fsp3) is 0.667. The highest BCUT2D eigenvalue weighted by molar-refractivity contribution is 6.50. The number of aryl methyl sites for hydroxylation is 2. The van der Waals surface area contributed by atoms with Crippen LogP contribution in [0.4, 0.5) is 17.3 Å². The minimum Gasteiger partial charge on any atom is -0.418 e. The van der Waals surface area contributed by atoms with Crippen LogP contribution in [0.5, 0.6) is 0 Å². The van der Waals surface area contributed by atoms with Crippen LogP contribution in [0.15, 0.2) is 31.4 Å². The van der Waals surface area contributed by atoms with Crippen LogP contribution in [0.2, 0.25) is 0 Å². The van der Waals surface area contributed by atoms with E-state index < -0.39 is 7.25 Å². The van der Waals surface area contributed by atoms with Gasteiger partial charge in [-0.15, -0.1) is 0 Å². The Labute approximate surface area is 154 Å². The van der Waals surface area contributed by atoms with Gasteiger partial charge in [-0.1, -0.05) is 45.1 Å². The molecule has 0 unspecified atom stereocenters. The van der Waals surface area contributed by atoms with Crippen LogP contribution in [0, 0.1) is 0 Å². The maximum Gasteiger partial charge on any atom is 0.673 e. The Morgan fingerprint density at radius 1 is 1.00 bits per heavy atom. The van der Waals surface area contributed by atoms with Crippen molar-refractivity contribution in [2.45, 2.75) is 70.8 Å². The summed E-state index contributed by atoms with van der Waals surface area (Å²) in [6, 6.07) is 0. The minimum absolute atomic E-state index is 0.186. The topological polar surface area (TPSA) is 25.9 Å². The zero-order valence-electron chi connectivity index (χ0n) is 15.7. The summed E-state index contributed by atoms with van der Waals surface area (Å²) in [6.07, 6.45) is 19.9. The fourth-order valence-electron chi connectivity index (χ4n) is 2.57. The van der Waals surface area contributed by atoms with E-state index in [1.54, 1.807) is 0 Å². The molecule has 0 amide bonds. The number of allylic oxidation sites excluding steroid dienone is 1. The van der Waals surface area contributed by atoms with Crippen molar-refractivity contribution in [2.24, 2.45) is 7.05 Å². The molecule has 0 aliphatic heterocycles. The maximum absolute atomic E-state index is 11.0. The Kier molecular flexibility index (Phi) is 13.7. The molecule has 0 saturated heterocycles. The van der Waals surface area contributed by atoms with Gasteiger partial charge in [-0.25, -0.2) is 9.13 Å². The molecule has 0 radical (unpaired) electrons. The number of hydrogen-bond donors (Lipinski definition) is 0. The second kappa shape index (κ2) is 14.6. The average molecular weight is 378 g/mol. The molecule has 1 heterocycles. The second-order valence-electron chi connectivity index (χ2n) is 6.41. The highest BCUT2D eigenvalue weighted by Crippen LogP contribution is 2.11. The molecule has 0 bridgehead atoms. The Morgan fingerprint density at radius 2 is 1.46 bits per heavy atom. The van der Waals surface area contributed by atoms with Gasteiger partial charge in [0, 0.05) is 6.42 Å². The number of nitrogens with zero attached hydrogens (tertiary/aromatic N) is 2. The molecule has 0 atom stereocenters. The Morgan fingerprint density at radius 3 is 1.88 bits per heavy atom. The molecule has 3 nitrogen and oxygen atoms in total. The van der Waals surface area contributed by atoms with Gasteiger partial charge in [-0.05, 0) is 25.3 Å². The van der Waals surface area contributed by atoms with Gasteiger partial charge >= 0.3 is 7.25 Å². The molecule has 0 fully saturated rings. The quantitative estimate of drug-likeness (QED) is 0.151. The first-order valence-electron chi connectivity index (χ1n) is 9.26. The minimum atomic E-state index is -6.00. The third-order valence-electron chi connectivity index (χ3n) is 3.89. The van der Waals surface area contributed by atoms with Crippen molar-refractivity contribution < 1.29 is 26.6 Å². The van der Waals surface area contributed by atoms with Gasteiger partial charge in [0.05, 0.1) is 13.6 Å². The van der Waals surface area contributed by atoms with E-state index in [4.69, 9.17) is 0 Å². The number of rotatable bonds is 13. The molecule has 8 heteroatoms. The lowest BCUT2D eigenvalue weighted by Gasteiger charge is -2.02. The van der Waals surface area contributed by atoms with Crippen LogP contribution >= 0.6 is 0 Å². The standard InChI is InChI=1S/C18H31N2O.BF4/c1-3-18(21)13-11-9-7-5-4-6-8-10-12-14-20-16-15-19(2)17-20;2-1(3,4)5/h3,15-17H,1,4-14H2,2H3;/q+1;-1. The number of hydrogen-bond acceptors (Lipinski definition) is 1. The third kappa shape index (κ3) is 18.7. The van der Waals surface area contributed by atoms with Gasteiger partial charge in [-0.3, -0.25) is 4.79 Å². The van der Waals surface area contributed by atoms with Crippen molar-refractivity contribution in [3.63, 3.8) is 0 Å². The van der Waals surface area contributed by atoms with Crippen LogP contribution < -0.4 is 4.57 Å². The van der Waals surface area contributed by atoms with Crippen molar-refractivity contribution in [1.29, 1.82) is 0 Å². The summed E-state index contributed by atoms with van der Waals surface area (Å²) in [5.41, 5.74) is 0. The lowest BCUT2D eigenvalue weighted by atomic mass is 10.1. The van der Waals surface area contributed by atoms with E-state index in [-0.39, 0.29) is 5.78 Å². The van der Waals surface area contributed by atoms with Crippen molar-refractivity contribution in [3.05, 3.63) is 31.4 Å². The molecule has 0 aliphatic rings. The summed E-state index contributed by atoms with van der Waals surface area (Å²) in [6.45, 7) is 4.63. The van der Waals surface area contributed by atoms with Crippen molar-refractivity contribution >= 4 is 13.0 Å². The van der Waals surface area contributed by atoms with E-state index in [1.807, 2.05) is 0 Å². The molecular formula is C18H31BF4N2O. The van der Waals surface area contributed by atoms with Gasteiger partial charge in [0.1, 0.15) is 12.4 Å². The first kappa shape index (κ1) is 24.4. The van der Waals surface area contributed by atoms with E-state index in [0.29, 0.717) is 6.42 Å². The van der Waals surface area contributed by atoms with Gasteiger partial charge < -0.3 is 17.3 Å². The molecule has 0 N–H and O–H groups in total. The summed E-state index contributed by atoms with van der Waals surface area (Å²) >= 11 is 0. The van der Waals surface area contributed by atoms with Gasteiger partial charge in [0.15, 0.2) is 5.78 Å². The number of aromatic nitrogens is 2. The number of halogens is 4. The molecule has 1 aromatic rings. The van der Waals surface area contributed by atoms with Crippen molar-refractivity contribution in [2.75, 3.05) is 0 Å². The Balaban J connectivity index is 0.00000110. The largest absolute Gasteiger partial charge is 0.673 e. The first-order chi connectivity index (χ1) is 12.2. The molecule has 0 spiro atoms. The fourth-order valence-corrected chi connectivity index (χ4v) is 2.57. The smallest absolute Gasteiger partial charge is 0.418 e. The number of carbonyl (C=O) groups is 1. The van der Waals surface area contributed by atoms with E-state index in [9.17, 15) is 22.1 Å². The highest BCUT2D eigenvalue weighted by Gasteiger charge is 2.20. The average Bonchev–Trinajstić information content (AvgIpc) is 2.96. The highest BCUT2D eigenvalue weighted by atomic mass is 19.5. The zero-order chi connectivity index (χ0) is 19.8. The van der Waals surface area contributed by atoms with Crippen LogP contribution in [-0.2, 0) is 18.4 Å². The number of carbonyl (C=O) groups excluding carboxylic acids is 1. The van der Waals surface area contributed by atoms with E-state index >= 15 is 0 Å². The monoisotopic (exact) mass is 378 g/mol. The second-order valence-corrected chi connectivity index (χ2v) is 6.41.